The van der Waals surface area contributed by atoms with Gasteiger partial charge < -0.3 is 5.32 Å². The maximum atomic E-state index is 4.32. The lowest BCUT2D eigenvalue weighted by atomic mass is 10.1. The molecule has 0 spiro atoms. The lowest BCUT2D eigenvalue weighted by Gasteiger charge is -2.08. The lowest BCUT2D eigenvalue weighted by Crippen LogP contribution is -2.02. The molecule has 0 radical (unpaired) electrons. The molecule has 0 saturated heterocycles. The van der Waals surface area contributed by atoms with Crippen molar-refractivity contribution in [2.24, 2.45) is 0 Å². The van der Waals surface area contributed by atoms with Crippen molar-refractivity contribution < 1.29 is 0 Å². The summed E-state index contributed by atoms with van der Waals surface area (Å²) < 4.78 is 0. The molecule has 3 heteroatoms. The largest absolute Gasteiger partial charge is 0.365 e. The Kier molecular flexibility index (Phi) is 3.11. The minimum absolute atomic E-state index is 0.767. The van der Waals surface area contributed by atoms with E-state index in [1.165, 1.54) is 11.1 Å². The van der Waals surface area contributed by atoms with Crippen molar-refractivity contribution in [2.45, 2.75) is 13.5 Å². The number of aromatic nitrogens is 2. The molecule has 3 rings (SSSR count). The number of rotatable bonds is 3. The summed E-state index contributed by atoms with van der Waals surface area (Å²) in [6, 6.07) is 16.5. The molecule has 0 aliphatic carbocycles. The molecular formula is C16H15N3. The summed E-state index contributed by atoms with van der Waals surface area (Å²) in [4.78, 5) is 8.58. The van der Waals surface area contributed by atoms with Crippen LogP contribution in [-0.4, -0.2) is 9.97 Å². The van der Waals surface area contributed by atoms with E-state index in [2.05, 4.69) is 46.5 Å². The van der Waals surface area contributed by atoms with Gasteiger partial charge in [-0.3, -0.25) is 0 Å². The van der Waals surface area contributed by atoms with Crippen LogP contribution < -0.4 is 5.32 Å². The molecule has 0 aliphatic rings. The van der Waals surface area contributed by atoms with Crippen molar-refractivity contribution in [1.82, 2.24) is 9.97 Å². The average molecular weight is 249 g/mol. The SMILES string of the molecule is Cc1cccc(CNc2ncnc3ccccc23)c1. The predicted molar refractivity (Wildman–Crippen MR) is 78.0 cm³/mol. The van der Waals surface area contributed by atoms with Crippen LogP contribution in [-0.2, 0) is 6.54 Å². The van der Waals surface area contributed by atoms with Crippen molar-refractivity contribution in [2.75, 3.05) is 5.32 Å². The highest BCUT2D eigenvalue weighted by atomic mass is 15.0. The molecule has 1 aromatic heterocycles. The summed E-state index contributed by atoms with van der Waals surface area (Å²) in [5.74, 6) is 0.882. The van der Waals surface area contributed by atoms with Gasteiger partial charge in [-0.25, -0.2) is 9.97 Å². The first-order chi connectivity index (χ1) is 9.33. The Morgan fingerprint density at radius 1 is 1.00 bits per heavy atom. The number of nitrogens with zero attached hydrogens (tertiary/aromatic N) is 2. The van der Waals surface area contributed by atoms with Gasteiger partial charge in [-0.2, -0.15) is 0 Å². The quantitative estimate of drug-likeness (QED) is 0.771. The maximum absolute atomic E-state index is 4.32. The topological polar surface area (TPSA) is 37.8 Å². The Labute approximate surface area is 112 Å². The Hall–Kier alpha value is -2.42. The first-order valence-electron chi connectivity index (χ1n) is 6.32. The third kappa shape index (κ3) is 2.55. The molecule has 3 nitrogen and oxygen atoms in total. The molecule has 0 bridgehead atoms. The first-order valence-corrected chi connectivity index (χ1v) is 6.32. The fraction of sp³-hybridized carbons (Fsp3) is 0.125. The number of para-hydroxylation sites is 1. The molecule has 1 heterocycles. The second kappa shape index (κ2) is 5.06. The zero-order valence-electron chi connectivity index (χ0n) is 10.8. The average Bonchev–Trinajstić information content (AvgIpc) is 2.45. The number of benzene rings is 2. The highest BCUT2D eigenvalue weighted by molar-refractivity contribution is 5.88. The molecular weight excluding hydrogens is 234 g/mol. The summed E-state index contributed by atoms with van der Waals surface area (Å²) in [6.07, 6.45) is 1.60. The molecule has 0 aliphatic heterocycles. The van der Waals surface area contributed by atoms with Gasteiger partial charge in [-0.1, -0.05) is 42.0 Å². The molecule has 3 aromatic rings. The number of hydrogen-bond acceptors (Lipinski definition) is 3. The van der Waals surface area contributed by atoms with Gasteiger partial charge in [0.2, 0.25) is 0 Å². The monoisotopic (exact) mass is 249 g/mol. The Morgan fingerprint density at radius 3 is 2.79 bits per heavy atom. The first kappa shape index (κ1) is 11.7. The lowest BCUT2D eigenvalue weighted by molar-refractivity contribution is 1.10. The predicted octanol–water partition coefficient (Wildman–Crippen LogP) is 3.55. The van der Waals surface area contributed by atoms with Crippen LogP contribution in [0.4, 0.5) is 5.82 Å². The van der Waals surface area contributed by atoms with Gasteiger partial charge in [-0.15, -0.1) is 0 Å². The van der Waals surface area contributed by atoms with Gasteiger partial charge in [0.15, 0.2) is 0 Å². The fourth-order valence-corrected chi connectivity index (χ4v) is 2.15. The fourth-order valence-electron chi connectivity index (χ4n) is 2.15. The number of nitrogens with one attached hydrogen (secondary N) is 1. The van der Waals surface area contributed by atoms with Crippen molar-refractivity contribution in [1.29, 1.82) is 0 Å². The smallest absolute Gasteiger partial charge is 0.137 e. The molecule has 0 saturated carbocycles. The van der Waals surface area contributed by atoms with E-state index >= 15 is 0 Å². The summed E-state index contributed by atoms with van der Waals surface area (Å²) in [7, 11) is 0. The molecule has 0 amide bonds. The molecule has 2 aromatic carbocycles. The zero-order valence-corrected chi connectivity index (χ0v) is 10.8. The van der Waals surface area contributed by atoms with Gasteiger partial charge >= 0.3 is 0 Å². The van der Waals surface area contributed by atoms with Crippen LogP contribution in [0.5, 0.6) is 0 Å². The van der Waals surface area contributed by atoms with Crippen molar-refractivity contribution in [3.63, 3.8) is 0 Å². The second-order valence-corrected chi connectivity index (χ2v) is 4.58. The number of aryl methyl sites for hydroxylation is 1. The van der Waals surface area contributed by atoms with E-state index in [0.717, 1.165) is 23.3 Å². The van der Waals surface area contributed by atoms with Gasteiger partial charge in [0.05, 0.1) is 5.52 Å². The molecule has 0 fully saturated rings. The van der Waals surface area contributed by atoms with E-state index in [0.29, 0.717) is 0 Å². The van der Waals surface area contributed by atoms with Crippen LogP contribution in [0.15, 0.2) is 54.9 Å². The van der Waals surface area contributed by atoms with E-state index in [1.807, 2.05) is 24.3 Å². The zero-order chi connectivity index (χ0) is 13.1. The minimum Gasteiger partial charge on any atom is -0.365 e. The second-order valence-electron chi connectivity index (χ2n) is 4.58. The highest BCUT2D eigenvalue weighted by Gasteiger charge is 2.02. The summed E-state index contributed by atoms with van der Waals surface area (Å²) in [5, 5.41) is 4.43. The maximum Gasteiger partial charge on any atom is 0.137 e. The standard InChI is InChI=1S/C16H15N3/c1-12-5-4-6-13(9-12)10-17-16-14-7-2-3-8-15(14)18-11-19-16/h2-9,11H,10H2,1H3,(H,17,18,19). The highest BCUT2D eigenvalue weighted by Crippen LogP contribution is 2.19. The number of fused-ring (bicyclic) bond motifs is 1. The molecule has 94 valence electrons. The van der Waals surface area contributed by atoms with E-state index in [9.17, 15) is 0 Å². The van der Waals surface area contributed by atoms with Crippen LogP contribution in [0.2, 0.25) is 0 Å². The minimum atomic E-state index is 0.767. The van der Waals surface area contributed by atoms with Crippen molar-refractivity contribution >= 4 is 16.7 Å². The Balaban J connectivity index is 1.86. The van der Waals surface area contributed by atoms with Crippen LogP contribution >= 0.6 is 0 Å². The third-order valence-electron chi connectivity index (χ3n) is 3.09. The normalized spacial score (nSPS) is 10.6. The molecule has 1 N–H and O–H groups in total. The summed E-state index contributed by atoms with van der Waals surface area (Å²) in [6.45, 7) is 2.87. The van der Waals surface area contributed by atoms with Crippen LogP contribution in [0, 0.1) is 6.92 Å². The summed E-state index contributed by atoms with van der Waals surface area (Å²) >= 11 is 0. The van der Waals surface area contributed by atoms with E-state index < -0.39 is 0 Å². The Bertz CT molecular complexity index is 702. The third-order valence-corrected chi connectivity index (χ3v) is 3.09. The van der Waals surface area contributed by atoms with Crippen LogP contribution in [0.3, 0.4) is 0 Å². The van der Waals surface area contributed by atoms with Crippen molar-refractivity contribution in [3.8, 4) is 0 Å². The number of hydrogen-bond donors (Lipinski definition) is 1. The van der Waals surface area contributed by atoms with Gasteiger partial charge in [-0.05, 0) is 24.6 Å². The molecule has 0 unspecified atom stereocenters. The summed E-state index contributed by atoms with van der Waals surface area (Å²) in [5.41, 5.74) is 3.48. The van der Waals surface area contributed by atoms with Gasteiger partial charge in [0.25, 0.3) is 0 Å². The van der Waals surface area contributed by atoms with E-state index in [-0.39, 0.29) is 0 Å². The van der Waals surface area contributed by atoms with Crippen LogP contribution in [0.25, 0.3) is 10.9 Å². The van der Waals surface area contributed by atoms with E-state index in [1.54, 1.807) is 6.33 Å². The van der Waals surface area contributed by atoms with Gasteiger partial charge in [0, 0.05) is 11.9 Å². The van der Waals surface area contributed by atoms with Gasteiger partial charge in [0.1, 0.15) is 12.1 Å². The Morgan fingerprint density at radius 2 is 1.89 bits per heavy atom. The molecule has 19 heavy (non-hydrogen) atoms. The van der Waals surface area contributed by atoms with E-state index in [4.69, 9.17) is 0 Å². The van der Waals surface area contributed by atoms with Crippen LogP contribution in [0.1, 0.15) is 11.1 Å². The van der Waals surface area contributed by atoms with Crippen molar-refractivity contribution in [3.05, 3.63) is 66.0 Å². The molecule has 0 atom stereocenters. The number of anilines is 1.